The summed E-state index contributed by atoms with van der Waals surface area (Å²) < 4.78 is 0. The highest BCUT2D eigenvalue weighted by atomic mass is 16.1. The molecule has 3 heteroatoms. The molecule has 0 heterocycles. The first-order valence-electron chi connectivity index (χ1n) is 4.39. The Kier molecular flexibility index (Phi) is 4.56. The van der Waals surface area contributed by atoms with E-state index in [9.17, 15) is 9.59 Å². The molecular weight excluding hydrogens is 166 g/mol. The summed E-state index contributed by atoms with van der Waals surface area (Å²) in [6.45, 7) is 8.48. The number of hydrogen-bond donors (Lipinski definition) is 1. The van der Waals surface area contributed by atoms with Gasteiger partial charge in [0.15, 0.2) is 5.78 Å². The van der Waals surface area contributed by atoms with Crippen LogP contribution in [0.5, 0.6) is 0 Å². The van der Waals surface area contributed by atoms with Crippen molar-refractivity contribution < 1.29 is 9.59 Å². The fourth-order valence-electron chi connectivity index (χ4n) is 1.19. The second kappa shape index (κ2) is 4.92. The van der Waals surface area contributed by atoms with Crippen molar-refractivity contribution in [1.82, 2.24) is 0 Å². The Hall–Kier alpha value is -0.960. The normalized spacial score (nSPS) is 14.8. The van der Waals surface area contributed by atoms with Crippen LogP contribution < -0.4 is 5.73 Å². The highest BCUT2D eigenvalue weighted by Gasteiger charge is 2.27. The Morgan fingerprint density at radius 2 is 1.92 bits per heavy atom. The smallest absolute Gasteiger partial charge is 0.170 e. The van der Waals surface area contributed by atoms with Crippen LogP contribution in [0.25, 0.3) is 0 Å². The Morgan fingerprint density at radius 3 is 2.15 bits per heavy atom. The van der Waals surface area contributed by atoms with Gasteiger partial charge in [-0.2, -0.15) is 0 Å². The lowest BCUT2D eigenvalue weighted by atomic mass is 9.88. The van der Waals surface area contributed by atoms with E-state index < -0.39 is 12.0 Å². The molecule has 0 aliphatic heterocycles. The minimum atomic E-state index is -0.715. The molecule has 13 heavy (non-hydrogen) atoms. The quantitative estimate of drug-likeness (QED) is 0.512. The molecule has 3 nitrogen and oxygen atoms in total. The molecule has 0 fully saturated rings. The van der Waals surface area contributed by atoms with Crippen LogP contribution in [0.4, 0.5) is 0 Å². The van der Waals surface area contributed by atoms with E-state index in [1.165, 1.54) is 6.92 Å². The highest BCUT2D eigenvalue weighted by Crippen LogP contribution is 2.12. The van der Waals surface area contributed by atoms with E-state index >= 15 is 0 Å². The molecule has 0 aliphatic carbocycles. The Balaban J connectivity index is 4.66. The van der Waals surface area contributed by atoms with E-state index in [0.717, 1.165) is 0 Å². The average molecular weight is 183 g/mol. The maximum Gasteiger partial charge on any atom is 0.170 e. The van der Waals surface area contributed by atoms with E-state index in [2.05, 4.69) is 6.58 Å². The monoisotopic (exact) mass is 183 g/mol. The fourth-order valence-corrected chi connectivity index (χ4v) is 1.19. The Bertz CT molecular complexity index is 231. The second-order valence-corrected chi connectivity index (χ2v) is 3.27. The molecule has 0 aromatic heterocycles. The molecule has 0 saturated carbocycles. The first-order chi connectivity index (χ1) is 5.91. The third-order valence-electron chi connectivity index (χ3n) is 2.02. The molecule has 2 N–H and O–H groups in total. The van der Waals surface area contributed by atoms with Gasteiger partial charge in [0.05, 0.1) is 5.92 Å². The van der Waals surface area contributed by atoms with Gasteiger partial charge in [0.2, 0.25) is 0 Å². The third-order valence-corrected chi connectivity index (χ3v) is 2.02. The van der Waals surface area contributed by atoms with E-state index in [-0.39, 0.29) is 11.6 Å². The maximum absolute atomic E-state index is 11.6. The zero-order chi connectivity index (χ0) is 10.6. The topological polar surface area (TPSA) is 60.2 Å². The minimum absolute atomic E-state index is 0.186. The van der Waals surface area contributed by atoms with Crippen LogP contribution in [-0.4, -0.2) is 17.6 Å². The van der Waals surface area contributed by atoms with E-state index in [0.29, 0.717) is 12.0 Å². The van der Waals surface area contributed by atoms with Gasteiger partial charge < -0.3 is 5.73 Å². The SMILES string of the molecule is C=C(CC)C(=O)C(C(C)=O)C(C)N. The van der Waals surface area contributed by atoms with Crippen molar-refractivity contribution in [2.24, 2.45) is 11.7 Å². The average Bonchev–Trinajstić information content (AvgIpc) is 2.01. The van der Waals surface area contributed by atoms with Gasteiger partial charge in [0.1, 0.15) is 5.78 Å². The molecule has 74 valence electrons. The summed E-state index contributed by atoms with van der Waals surface area (Å²) in [4.78, 5) is 22.7. The first-order valence-corrected chi connectivity index (χ1v) is 4.39. The Morgan fingerprint density at radius 1 is 1.46 bits per heavy atom. The standard InChI is InChI=1S/C10H17NO2/c1-5-6(2)10(13)9(7(3)11)8(4)12/h7,9H,2,5,11H2,1,3-4H3. The summed E-state index contributed by atoms with van der Waals surface area (Å²) in [6, 6.07) is -0.437. The number of carbonyl (C=O) groups excluding carboxylic acids is 2. The molecule has 0 aliphatic rings. The van der Waals surface area contributed by atoms with Crippen LogP contribution in [0.3, 0.4) is 0 Å². The first kappa shape index (κ1) is 12.0. The highest BCUT2D eigenvalue weighted by molar-refractivity contribution is 6.09. The van der Waals surface area contributed by atoms with Crippen molar-refractivity contribution in [3.63, 3.8) is 0 Å². The molecule has 0 saturated heterocycles. The van der Waals surface area contributed by atoms with Gasteiger partial charge >= 0.3 is 0 Å². The van der Waals surface area contributed by atoms with Crippen LogP contribution in [-0.2, 0) is 9.59 Å². The number of ketones is 2. The molecule has 0 radical (unpaired) electrons. The van der Waals surface area contributed by atoms with Crippen LogP contribution >= 0.6 is 0 Å². The van der Waals surface area contributed by atoms with Crippen LogP contribution in [0.15, 0.2) is 12.2 Å². The molecule has 0 spiro atoms. The van der Waals surface area contributed by atoms with Crippen molar-refractivity contribution in [1.29, 1.82) is 0 Å². The summed E-state index contributed by atoms with van der Waals surface area (Å²) in [7, 11) is 0. The second-order valence-electron chi connectivity index (χ2n) is 3.27. The number of Topliss-reactive ketones (excluding diaryl/α,β-unsaturated/α-hetero) is 2. The van der Waals surface area contributed by atoms with E-state index in [4.69, 9.17) is 5.73 Å². The molecule has 0 aromatic rings. The molecule has 2 unspecified atom stereocenters. The Labute approximate surface area is 79.0 Å². The van der Waals surface area contributed by atoms with Gasteiger partial charge in [-0.3, -0.25) is 9.59 Å². The van der Waals surface area contributed by atoms with Crippen molar-refractivity contribution >= 4 is 11.6 Å². The summed E-state index contributed by atoms with van der Waals surface area (Å²) in [5, 5.41) is 0. The lowest BCUT2D eigenvalue weighted by Crippen LogP contribution is -2.38. The largest absolute Gasteiger partial charge is 0.327 e. The van der Waals surface area contributed by atoms with E-state index in [1.54, 1.807) is 6.92 Å². The van der Waals surface area contributed by atoms with Crippen LogP contribution in [0.1, 0.15) is 27.2 Å². The predicted octanol–water partition coefficient (Wildman–Crippen LogP) is 1.07. The predicted molar refractivity (Wildman–Crippen MR) is 52.3 cm³/mol. The van der Waals surface area contributed by atoms with Crippen LogP contribution in [0.2, 0.25) is 0 Å². The number of rotatable bonds is 5. The van der Waals surface area contributed by atoms with Crippen LogP contribution in [0, 0.1) is 5.92 Å². The van der Waals surface area contributed by atoms with Crippen molar-refractivity contribution in [3.05, 3.63) is 12.2 Å². The molecule has 0 rings (SSSR count). The summed E-state index contributed by atoms with van der Waals surface area (Å²) in [5.41, 5.74) is 6.02. The summed E-state index contributed by atoms with van der Waals surface area (Å²) in [5.74, 6) is -1.12. The molecular formula is C10H17NO2. The lowest BCUT2D eigenvalue weighted by Gasteiger charge is -2.16. The molecule has 0 bridgehead atoms. The number of hydrogen-bond acceptors (Lipinski definition) is 3. The third kappa shape index (κ3) is 3.11. The van der Waals surface area contributed by atoms with Gasteiger partial charge in [-0.05, 0) is 25.8 Å². The number of nitrogens with two attached hydrogens (primary N) is 1. The molecule has 2 atom stereocenters. The van der Waals surface area contributed by atoms with Gasteiger partial charge in [0, 0.05) is 6.04 Å². The fraction of sp³-hybridized carbons (Fsp3) is 0.600. The molecule has 0 amide bonds. The zero-order valence-corrected chi connectivity index (χ0v) is 8.46. The minimum Gasteiger partial charge on any atom is -0.327 e. The summed E-state index contributed by atoms with van der Waals surface area (Å²) in [6.07, 6.45) is 0.565. The van der Waals surface area contributed by atoms with Gasteiger partial charge in [0.25, 0.3) is 0 Å². The van der Waals surface area contributed by atoms with Gasteiger partial charge in [-0.25, -0.2) is 0 Å². The maximum atomic E-state index is 11.6. The van der Waals surface area contributed by atoms with Crippen molar-refractivity contribution in [3.8, 4) is 0 Å². The number of carbonyl (C=O) groups is 2. The van der Waals surface area contributed by atoms with Crippen molar-refractivity contribution in [2.75, 3.05) is 0 Å². The van der Waals surface area contributed by atoms with Gasteiger partial charge in [-0.1, -0.05) is 13.5 Å². The zero-order valence-electron chi connectivity index (χ0n) is 8.46. The number of allylic oxidation sites excluding steroid dienone is 1. The van der Waals surface area contributed by atoms with Gasteiger partial charge in [-0.15, -0.1) is 0 Å². The molecule has 0 aromatic carbocycles. The summed E-state index contributed by atoms with van der Waals surface area (Å²) >= 11 is 0. The van der Waals surface area contributed by atoms with Crippen molar-refractivity contribution in [2.45, 2.75) is 33.2 Å². The lowest BCUT2D eigenvalue weighted by molar-refractivity contribution is -0.130. The van der Waals surface area contributed by atoms with E-state index in [1.807, 2.05) is 6.92 Å².